The number of carbonyl (C=O) groups is 2. The van der Waals surface area contributed by atoms with E-state index in [1.165, 1.54) is 22.7 Å². The summed E-state index contributed by atoms with van der Waals surface area (Å²) in [6.45, 7) is 3.68. The second-order valence-corrected chi connectivity index (χ2v) is 12.0. The van der Waals surface area contributed by atoms with E-state index in [0.29, 0.717) is 37.6 Å². The topological polar surface area (TPSA) is 101 Å². The standard InChI is InChI=1S/C29H21ClFN5O3S2/c1-15-7-6-12-35-16(2)22(32-26(15)35)24(37)21-23(17-9-5-10-19(30)13-17)36(27(39)25(21)38)28-33-34-29(41-28)40-14-18-8-3-4-11-20(18)31/h3-13,23,37H,14H2,1-2H3/b24-21+. The third-order valence-corrected chi connectivity index (χ3v) is 9.17. The summed E-state index contributed by atoms with van der Waals surface area (Å²) in [6.07, 6.45) is 1.82. The third kappa shape index (κ3) is 4.79. The number of imidazole rings is 1. The van der Waals surface area contributed by atoms with Crippen molar-refractivity contribution in [3.05, 3.63) is 111 Å². The van der Waals surface area contributed by atoms with Gasteiger partial charge in [-0.25, -0.2) is 9.37 Å². The average Bonchev–Trinajstić information content (AvgIpc) is 3.63. The molecule has 0 spiro atoms. The van der Waals surface area contributed by atoms with Crippen molar-refractivity contribution in [3.63, 3.8) is 0 Å². The number of carbonyl (C=O) groups excluding carboxylic acids is 2. The van der Waals surface area contributed by atoms with Crippen molar-refractivity contribution >= 4 is 62.9 Å². The minimum absolute atomic E-state index is 0.128. The largest absolute Gasteiger partial charge is 0.505 e. The molecule has 1 aliphatic heterocycles. The molecule has 1 amide bonds. The number of aryl methyl sites for hydroxylation is 2. The number of pyridine rings is 1. The monoisotopic (exact) mass is 605 g/mol. The van der Waals surface area contributed by atoms with Gasteiger partial charge in [0.2, 0.25) is 5.13 Å². The highest BCUT2D eigenvalue weighted by molar-refractivity contribution is 8.00. The molecule has 1 atom stereocenters. The Kier molecular flexibility index (Phi) is 7.10. The lowest BCUT2D eigenvalue weighted by molar-refractivity contribution is -0.132. The van der Waals surface area contributed by atoms with E-state index in [-0.39, 0.29) is 22.2 Å². The molecule has 4 heterocycles. The van der Waals surface area contributed by atoms with Crippen LogP contribution in [0.4, 0.5) is 9.52 Å². The van der Waals surface area contributed by atoms with E-state index >= 15 is 0 Å². The molecule has 0 radical (unpaired) electrons. The fourth-order valence-corrected chi connectivity index (χ4v) is 6.86. The van der Waals surface area contributed by atoms with Gasteiger partial charge in [-0.05, 0) is 54.8 Å². The number of nitrogens with zero attached hydrogens (tertiary/aromatic N) is 5. The number of ketones is 1. The van der Waals surface area contributed by atoms with Crippen LogP contribution in [-0.4, -0.2) is 36.4 Å². The molecular formula is C29H21ClFN5O3S2. The normalized spacial score (nSPS) is 16.7. The van der Waals surface area contributed by atoms with Crippen molar-refractivity contribution in [1.29, 1.82) is 0 Å². The molecule has 1 saturated heterocycles. The lowest BCUT2D eigenvalue weighted by atomic mass is 9.96. The van der Waals surface area contributed by atoms with E-state index in [1.54, 1.807) is 49.4 Å². The van der Waals surface area contributed by atoms with E-state index in [0.717, 1.165) is 16.9 Å². The number of Topliss-reactive ketones (excluding diaryl/α,β-unsaturated/α-hetero) is 1. The van der Waals surface area contributed by atoms with Gasteiger partial charge in [-0.15, -0.1) is 10.2 Å². The highest BCUT2D eigenvalue weighted by Gasteiger charge is 2.49. The number of thioether (sulfide) groups is 1. The van der Waals surface area contributed by atoms with Gasteiger partial charge in [0.25, 0.3) is 5.78 Å². The molecule has 41 heavy (non-hydrogen) atoms. The van der Waals surface area contributed by atoms with Crippen LogP contribution >= 0.6 is 34.7 Å². The number of amides is 1. The zero-order chi connectivity index (χ0) is 28.8. The van der Waals surface area contributed by atoms with Gasteiger partial charge in [0.15, 0.2) is 10.1 Å². The first-order chi connectivity index (χ1) is 19.7. The van der Waals surface area contributed by atoms with Gasteiger partial charge in [-0.2, -0.15) is 0 Å². The number of aliphatic hydroxyl groups is 1. The molecule has 0 bridgehead atoms. The number of hydrogen-bond acceptors (Lipinski definition) is 8. The van der Waals surface area contributed by atoms with Crippen LogP contribution in [0.15, 0.2) is 76.8 Å². The minimum Gasteiger partial charge on any atom is -0.505 e. The number of aliphatic hydroxyl groups excluding tert-OH is 1. The Morgan fingerprint density at radius 1 is 1.10 bits per heavy atom. The van der Waals surface area contributed by atoms with Crippen molar-refractivity contribution in [3.8, 4) is 0 Å². The Morgan fingerprint density at radius 3 is 2.66 bits per heavy atom. The van der Waals surface area contributed by atoms with Crippen LogP contribution in [-0.2, 0) is 15.3 Å². The number of rotatable bonds is 6. The fraction of sp³-hybridized carbons (Fsp3) is 0.138. The SMILES string of the molecule is Cc1cccn2c(C)c(/C(O)=C3\C(=O)C(=O)N(c4nnc(SCc5ccccc5F)s4)C3c3cccc(Cl)c3)nc12. The fourth-order valence-electron chi connectivity index (χ4n) is 4.81. The van der Waals surface area contributed by atoms with Crippen molar-refractivity contribution in [2.24, 2.45) is 0 Å². The molecule has 206 valence electrons. The summed E-state index contributed by atoms with van der Waals surface area (Å²) in [4.78, 5) is 32.9. The second-order valence-electron chi connectivity index (χ2n) is 9.39. The van der Waals surface area contributed by atoms with Crippen LogP contribution in [0, 0.1) is 19.7 Å². The average molecular weight is 606 g/mol. The predicted molar refractivity (Wildman–Crippen MR) is 157 cm³/mol. The smallest absolute Gasteiger partial charge is 0.301 e. The molecule has 3 aromatic heterocycles. The Bertz CT molecular complexity index is 1890. The maximum atomic E-state index is 14.1. The van der Waals surface area contributed by atoms with Gasteiger partial charge in [0, 0.05) is 17.0 Å². The van der Waals surface area contributed by atoms with Crippen LogP contribution in [0.3, 0.4) is 0 Å². The van der Waals surface area contributed by atoms with Crippen LogP contribution in [0.1, 0.15) is 34.1 Å². The first-order valence-electron chi connectivity index (χ1n) is 12.5. The van der Waals surface area contributed by atoms with Gasteiger partial charge in [0.1, 0.15) is 17.2 Å². The summed E-state index contributed by atoms with van der Waals surface area (Å²) >= 11 is 8.67. The van der Waals surface area contributed by atoms with Crippen molar-refractivity contribution in [2.45, 2.75) is 30.0 Å². The molecular weight excluding hydrogens is 585 g/mol. The molecule has 1 N–H and O–H groups in total. The van der Waals surface area contributed by atoms with E-state index in [4.69, 9.17) is 11.6 Å². The summed E-state index contributed by atoms with van der Waals surface area (Å²) in [5, 5.41) is 20.5. The summed E-state index contributed by atoms with van der Waals surface area (Å²) in [5.41, 5.74) is 3.20. The molecule has 1 fully saturated rings. The number of fused-ring (bicyclic) bond motifs is 1. The predicted octanol–water partition coefficient (Wildman–Crippen LogP) is 6.51. The second kappa shape index (κ2) is 10.7. The number of hydrogen-bond donors (Lipinski definition) is 1. The Labute approximate surface area is 247 Å². The van der Waals surface area contributed by atoms with E-state index in [9.17, 15) is 19.1 Å². The zero-order valence-electron chi connectivity index (χ0n) is 21.7. The minimum atomic E-state index is -1.03. The van der Waals surface area contributed by atoms with Gasteiger partial charge in [0.05, 0.1) is 17.3 Å². The first kappa shape index (κ1) is 27.1. The molecule has 5 aromatic rings. The molecule has 6 rings (SSSR count). The van der Waals surface area contributed by atoms with Gasteiger partial charge < -0.3 is 9.51 Å². The maximum absolute atomic E-state index is 14.1. The van der Waals surface area contributed by atoms with Crippen LogP contribution in [0.5, 0.6) is 0 Å². The maximum Gasteiger partial charge on any atom is 0.301 e. The van der Waals surface area contributed by atoms with E-state index in [1.807, 2.05) is 29.7 Å². The highest BCUT2D eigenvalue weighted by Crippen LogP contribution is 2.44. The Balaban J connectivity index is 1.44. The quantitative estimate of drug-likeness (QED) is 0.0774. The lowest BCUT2D eigenvalue weighted by Gasteiger charge is -2.22. The summed E-state index contributed by atoms with van der Waals surface area (Å²) in [7, 11) is 0. The molecule has 8 nitrogen and oxygen atoms in total. The molecule has 0 saturated carbocycles. The van der Waals surface area contributed by atoms with Crippen LogP contribution in [0.2, 0.25) is 5.02 Å². The van der Waals surface area contributed by atoms with Gasteiger partial charge in [-0.1, -0.05) is 71.1 Å². The molecule has 1 unspecified atom stereocenters. The van der Waals surface area contributed by atoms with Crippen LogP contribution < -0.4 is 4.90 Å². The number of halogens is 2. The molecule has 2 aromatic carbocycles. The summed E-state index contributed by atoms with van der Waals surface area (Å²) < 4.78 is 16.4. The molecule has 1 aliphatic rings. The molecule has 0 aliphatic carbocycles. The summed E-state index contributed by atoms with van der Waals surface area (Å²) in [5.74, 6) is -2.15. The number of anilines is 1. The van der Waals surface area contributed by atoms with Crippen molar-refractivity contribution in [2.75, 3.05) is 4.90 Å². The summed E-state index contributed by atoms with van der Waals surface area (Å²) in [6, 6.07) is 15.9. The van der Waals surface area contributed by atoms with Gasteiger partial charge in [-0.3, -0.25) is 14.5 Å². The highest BCUT2D eigenvalue weighted by atomic mass is 35.5. The van der Waals surface area contributed by atoms with E-state index < -0.39 is 23.5 Å². The Morgan fingerprint density at radius 2 is 1.90 bits per heavy atom. The van der Waals surface area contributed by atoms with Gasteiger partial charge >= 0.3 is 5.91 Å². The molecule has 12 heteroatoms. The third-order valence-electron chi connectivity index (χ3n) is 6.83. The van der Waals surface area contributed by atoms with E-state index in [2.05, 4.69) is 15.2 Å². The Hall–Kier alpha value is -4.06. The van der Waals surface area contributed by atoms with Crippen molar-refractivity contribution < 1.29 is 19.1 Å². The van der Waals surface area contributed by atoms with Crippen LogP contribution in [0.25, 0.3) is 11.4 Å². The lowest BCUT2D eigenvalue weighted by Crippen LogP contribution is -2.29. The first-order valence-corrected chi connectivity index (χ1v) is 14.6. The number of benzene rings is 2. The zero-order valence-corrected chi connectivity index (χ0v) is 24.1. The van der Waals surface area contributed by atoms with Crippen molar-refractivity contribution in [1.82, 2.24) is 19.6 Å². The number of aromatic nitrogens is 4.